The van der Waals surface area contributed by atoms with Crippen LogP contribution in [-0.4, -0.2) is 0 Å². The molecule has 1 aromatic rings. The Kier molecular flexibility index (Phi) is 1.72. The summed E-state index contributed by atoms with van der Waals surface area (Å²) in [6.45, 7) is 0. The predicted octanol–water partition coefficient (Wildman–Crippen LogP) is 2.90. The third-order valence-corrected chi connectivity index (χ3v) is 3.76. The lowest BCUT2D eigenvalue weighted by atomic mass is 9.72. The van der Waals surface area contributed by atoms with Crippen LogP contribution in [0.25, 0.3) is 0 Å². The van der Waals surface area contributed by atoms with Crippen LogP contribution in [0.5, 0.6) is 0 Å². The van der Waals surface area contributed by atoms with Crippen LogP contribution in [0, 0.1) is 0 Å². The van der Waals surface area contributed by atoms with Gasteiger partial charge in [-0.25, -0.2) is 0 Å². The first kappa shape index (κ1) is 8.49. The zero-order valence-corrected chi connectivity index (χ0v) is 8.50. The molecule has 2 saturated carbocycles. The van der Waals surface area contributed by atoms with Crippen LogP contribution >= 0.6 is 0 Å². The highest BCUT2D eigenvalue weighted by Gasteiger charge is 2.35. The Morgan fingerprint density at radius 1 is 1.21 bits per heavy atom. The molecule has 1 nitrogen and oxygen atoms in total. The molecule has 2 aliphatic rings. The smallest absolute Gasteiger partial charge is 0.0409 e. The van der Waals surface area contributed by atoms with Crippen molar-refractivity contribution >= 4 is 0 Å². The summed E-state index contributed by atoms with van der Waals surface area (Å²) in [5.41, 5.74) is 9.21. The highest BCUT2D eigenvalue weighted by Crippen LogP contribution is 2.43. The first-order valence-corrected chi connectivity index (χ1v) is 5.67. The van der Waals surface area contributed by atoms with Crippen LogP contribution < -0.4 is 5.73 Å². The summed E-state index contributed by atoms with van der Waals surface area (Å²) in [6.07, 6.45) is 6.38. The van der Waals surface area contributed by atoms with Crippen molar-refractivity contribution in [2.75, 3.05) is 0 Å². The molecule has 2 N–H and O–H groups in total. The summed E-state index contributed by atoms with van der Waals surface area (Å²) in [6, 6.07) is 8.97. The van der Waals surface area contributed by atoms with Crippen LogP contribution in [0.2, 0.25) is 0 Å². The summed E-state index contributed by atoms with van der Waals surface area (Å²) in [5.74, 6) is 0.846. The maximum Gasteiger partial charge on any atom is 0.0409 e. The molecule has 0 bridgehead atoms. The van der Waals surface area contributed by atoms with Gasteiger partial charge in [0.05, 0.1) is 0 Å². The lowest BCUT2D eigenvalue weighted by Crippen LogP contribution is -2.43. The Hall–Kier alpha value is -0.820. The third kappa shape index (κ3) is 1.27. The number of hydrogen-bond donors (Lipinski definition) is 1. The van der Waals surface area contributed by atoms with Crippen molar-refractivity contribution in [2.24, 2.45) is 5.73 Å². The molecule has 1 aromatic carbocycles. The van der Waals surface area contributed by atoms with Gasteiger partial charge >= 0.3 is 0 Å². The summed E-state index contributed by atoms with van der Waals surface area (Å²) in [7, 11) is 0. The maximum atomic E-state index is 6.31. The van der Waals surface area contributed by atoms with Gasteiger partial charge in [-0.3, -0.25) is 0 Å². The molecule has 0 aromatic heterocycles. The van der Waals surface area contributed by atoms with E-state index in [1.165, 1.54) is 43.2 Å². The average Bonchev–Trinajstić information content (AvgIpc) is 2.98. The Morgan fingerprint density at radius 2 is 2.00 bits per heavy atom. The van der Waals surface area contributed by atoms with Gasteiger partial charge in [0.2, 0.25) is 0 Å². The van der Waals surface area contributed by atoms with E-state index in [2.05, 4.69) is 24.3 Å². The number of nitrogens with two attached hydrogens (primary N) is 1. The molecule has 0 unspecified atom stereocenters. The van der Waals surface area contributed by atoms with Crippen molar-refractivity contribution in [1.82, 2.24) is 0 Å². The van der Waals surface area contributed by atoms with Gasteiger partial charge in [-0.05, 0) is 49.1 Å². The van der Waals surface area contributed by atoms with Gasteiger partial charge in [0.15, 0.2) is 0 Å². The van der Waals surface area contributed by atoms with Crippen LogP contribution in [0.4, 0.5) is 0 Å². The topological polar surface area (TPSA) is 26.0 Å². The Balaban J connectivity index is 1.93. The number of benzene rings is 1. The van der Waals surface area contributed by atoms with Crippen molar-refractivity contribution < 1.29 is 0 Å². The fraction of sp³-hybridized carbons (Fsp3) is 0.538. The van der Waals surface area contributed by atoms with Crippen LogP contribution in [-0.2, 0) is 5.54 Å². The van der Waals surface area contributed by atoms with Crippen LogP contribution in [0.3, 0.4) is 0 Å². The van der Waals surface area contributed by atoms with Crippen molar-refractivity contribution in [2.45, 2.75) is 43.6 Å². The van der Waals surface area contributed by atoms with Gasteiger partial charge in [0, 0.05) is 5.54 Å². The van der Waals surface area contributed by atoms with E-state index in [0.717, 1.165) is 5.92 Å². The van der Waals surface area contributed by atoms with E-state index in [9.17, 15) is 0 Å². The molecular formula is C13H17N. The van der Waals surface area contributed by atoms with Crippen molar-refractivity contribution in [3.8, 4) is 0 Å². The molecular weight excluding hydrogens is 170 g/mol. The number of hydrogen-bond acceptors (Lipinski definition) is 1. The number of rotatable bonds is 2. The molecule has 0 heterocycles. The molecule has 0 amide bonds. The van der Waals surface area contributed by atoms with Gasteiger partial charge in [-0.15, -0.1) is 0 Å². The Bertz CT molecular complexity index is 348. The maximum absolute atomic E-state index is 6.31. The monoisotopic (exact) mass is 187 g/mol. The molecule has 0 saturated heterocycles. The molecule has 0 radical (unpaired) electrons. The van der Waals surface area contributed by atoms with Gasteiger partial charge in [-0.2, -0.15) is 0 Å². The second-order valence-corrected chi connectivity index (χ2v) is 4.91. The van der Waals surface area contributed by atoms with Crippen LogP contribution in [0.15, 0.2) is 24.3 Å². The predicted molar refractivity (Wildman–Crippen MR) is 58.1 cm³/mol. The molecule has 0 aliphatic heterocycles. The molecule has 3 rings (SSSR count). The second-order valence-electron chi connectivity index (χ2n) is 4.91. The summed E-state index contributed by atoms with van der Waals surface area (Å²) in [4.78, 5) is 0. The van der Waals surface area contributed by atoms with Gasteiger partial charge in [0.25, 0.3) is 0 Å². The lowest BCUT2D eigenvalue weighted by molar-refractivity contribution is 0.253. The van der Waals surface area contributed by atoms with E-state index in [-0.39, 0.29) is 5.54 Å². The molecule has 14 heavy (non-hydrogen) atoms. The minimum atomic E-state index is 0.0188. The highest BCUT2D eigenvalue weighted by atomic mass is 14.8. The van der Waals surface area contributed by atoms with Crippen LogP contribution in [0.1, 0.15) is 49.1 Å². The zero-order valence-electron chi connectivity index (χ0n) is 8.50. The van der Waals surface area contributed by atoms with Gasteiger partial charge < -0.3 is 5.73 Å². The Labute approximate surface area is 85.3 Å². The van der Waals surface area contributed by atoms with E-state index in [4.69, 9.17) is 5.73 Å². The molecule has 74 valence electrons. The van der Waals surface area contributed by atoms with Crippen molar-refractivity contribution in [3.63, 3.8) is 0 Å². The van der Waals surface area contributed by atoms with E-state index in [0.29, 0.717) is 0 Å². The van der Waals surface area contributed by atoms with Gasteiger partial charge in [-0.1, -0.05) is 24.3 Å². The SMILES string of the molecule is NC1(c2cccc(C3CC3)c2)CCC1. The molecule has 2 aliphatic carbocycles. The highest BCUT2D eigenvalue weighted by molar-refractivity contribution is 5.34. The summed E-state index contributed by atoms with van der Waals surface area (Å²) in [5, 5.41) is 0. The van der Waals surface area contributed by atoms with Crippen molar-refractivity contribution in [1.29, 1.82) is 0 Å². The van der Waals surface area contributed by atoms with E-state index in [1.54, 1.807) is 0 Å². The van der Waals surface area contributed by atoms with E-state index < -0.39 is 0 Å². The first-order chi connectivity index (χ1) is 6.78. The van der Waals surface area contributed by atoms with Gasteiger partial charge in [0.1, 0.15) is 0 Å². The normalized spacial score (nSPS) is 24.4. The quantitative estimate of drug-likeness (QED) is 0.757. The molecule has 2 fully saturated rings. The fourth-order valence-electron chi connectivity index (χ4n) is 2.37. The molecule has 0 atom stereocenters. The summed E-state index contributed by atoms with van der Waals surface area (Å²) < 4.78 is 0. The third-order valence-electron chi connectivity index (χ3n) is 3.76. The molecule has 1 heteroatoms. The first-order valence-electron chi connectivity index (χ1n) is 5.67. The standard InChI is InChI=1S/C13H17N/c14-13(7-2-8-13)12-4-1-3-11(9-12)10-5-6-10/h1,3-4,9-10H,2,5-8,14H2. The summed E-state index contributed by atoms with van der Waals surface area (Å²) >= 11 is 0. The fourth-order valence-corrected chi connectivity index (χ4v) is 2.37. The zero-order chi connectivity index (χ0) is 9.60. The largest absolute Gasteiger partial charge is 0.321 e. The van der Waals surface area contributed by atoms with Crippen molar-refractivity contribution in [3.05, 3.63) is 35.4 Å². The van der Waals surface area contributed by atoms with E-state index >= 15 is 0 Å². The minimum Gasteiger partial charge on any atom is -0.321 e. The van der Waals surface area contributed by atoms with E-state index in [1.807, 2.05) is 0 Å². The molecule has 0 spiro atoms. The Morgan fingerprint density at radius 3 is 2.57 bits per heavy atom. The second kappa shape index (κ2) is 2.83. The minimum absolute atomic E-state index is 0.0188. The lowest BCUT2D eigenvalue weighted by Gasteiger charge is -2.38. The average molecular weight is 187 g/mol.